The van der Waals surface area contributed by atoms with Crippen molar-refractivity contribution in [2.24, 2.45) is 0 Å². The summed E-state index contributed by atoms with van der Waals surface area (Å²) >= 11 is 9.28. The molecule has 2 aromatic rings. The zero-order valence-electron chi connectivity index (χ0n) is 10.7. The molecule has 0 amide bonds. The van der Waals surface area contributed by atoms with E-state index >= 15 is 0 Å². The fourth-order valence-corrected chi connectivity index (χ4v) is 2.77. The summed E-state index contributed by atoms with van der Waals surface area (Å²) in [6.07, 6.45) is 0. The van der Waals surface area contributed by atoms with Crippen molar-refractivity contribution in [3.05, 3.63) is 63.1 Å². The Labute approximate surface area is 129 Å². The molecule has 20 heavy (non-hydrogen) atoms. The maximum Gasteiger partial charge on any atom is 0.127 e. The Bertz CT molecular complexity index is 611. The van der Waals surface area contributed by atoms with Crippen LogP contribution >= 0.6 is 27.5 Å². The summed E-state index contributed by atoms with van der Waals surface area (Å²) < 4.78 is 32.8. The molecule has 0 saturated carbocycles. The molecule has 0 aliphatic rings. The van der Waals surface area contributed by atoms with Crippen LogP contribution in [0.2, 0.25) is 0 Å². The molecule has 5 heteroatoms. The summed E-state index contributed by atoms with van der Waals surface area (Å²) in [5.41, 5.74) is 2.17. The lowest BCUT2D eigenvalue weighted by Gasteiger charge is -2.14. The van der Waals surface area contributed by atoms with Gasteiger partial charge in [0.2, 0.25) is 0 Å². The number of benzene rings is 2. The fourth-order valence-electron chi connectivity index (χ4n) is 1.95. The largest absolute Gasteiger partial charge is 0.488 e. The van der Waals surface area contributed by atoms with Gasteiger partial charge in [-0.2, -0.15) is 0 Å². The van der Waals surface area contributed by atoms with Gasteiger partial charge < -0.3 is 4.74 Å². The number of alkyl halides is 1. The van der Waals surface area contributed by atoms with Crippen LogP contribution in [0.3, 0.4) is 0 Å². The van der Waals surface area contributed by atoms with Crippen LogP contribution < -0.4 is 4.74 Å². The van der Waals surface area contributed by atoms with Crippen LogP contribution in [-0.4, -0.2) is 0 Å². The van der Waals surface area contributed by atoms with Crippen molar-refractivity contribution in [3.63, 3.8) is 0 Å². The van der Waals surface area contributed by atoms with E-state index in [1.54, 1.807) is 0 Å². The highest BCUT2D eigenvalue weighted by Crippen LogP contribution is 2.30. The molecule has 0 unspecified atom stereocenters. The van der Waals surface area contributed by atoms with Gasteiger partial charge in [-0.3, -0.25) is 0 Å². The van der Waals surface area contributed by atoms with Crippen molar-refractivity contribution in [1.29, 1.82) is 0 Å². The first kappa shape index (κ1) is 15.3. The van der Waals surface area contributed by atoms with Gasteiger partial charge in [0.05, 0.1) is 5.88 Å². The van der Waals surface area contributed by atoms with Crippen molar-refractivity contribution in [1.82, 2.24) is 0 Å². The molecule has 106 valence electrons. The van der Waals surface area contributed by atoms with Crippen molar-refractivity contribution < 1.29 is 13.5 Å². The molecule has 1 nitrogen and oxygen atoms in total. The van der Waals surface area contributed by atoms with E-state index in [0.29, 0.717) is 17.2 Å². The van der Waals surface area contributed by atoms with Gasteiger partial charge in [-0.25, -0.2) is 8.78 Å². The van der Waals surface area contributed by atoms with Crippen molar-refractivity contribution in [3.8, 4) is 5.75 Å². The summed E-state index contributed by atoms with van der Waals surface area (Å²) in [5, 5.41) is 0. The normalized spacial score (nSPS) is 10.7. The van der Waals surface area contributed by atoms with Gasteiger partial charge in [0, 0.05) is 16.1 Å². The third kappa shape index (κ3) is 3.70. The first-order valence-corrected chi connectivity index (χ1v) is 7.25. The zero-order chi connectivity index (χ0) is 14.7. The maximum absolute atomic E-state index is 13.1. The summed E-state index contributed by atoms with van der Waals surface area (Å²) in [4.78, 5) is 0. The molecule has 0 fully saturated rings. The molecular formula is C15H12BrClF2O. The van der Waals surface area contributed by atoms with Gasteiger partial charge in [0.15, 0.2) is 0 Å². The van der Waals surface area contributed by atoms with E-state index in [2.05, 4.69) is 15.9 Å². The van der Waals surface area contributed by atoms with E-state index in [-0.39, 0.29) is 6.61 Å². The quantitative estimate of drug-likeness (QED) is 0.667. The minimum atomic E-state index is -0.617. The highest BCUT2D eigenvalue weighted by atomic mass is 79.9. The lowest BCUT2D eigenvalue weighted by Crippen LogP contribution is -2.01. The third-order valence-corrected chi connectivity index (χ3v) is 3.51. The van der Waals surface area contributed by atoms with Gasteiger partial charge in [0.25, 0.3) is 0 Å². The van der Waals surface area contributed by atoms with E-state index in [4.69, 9.17) is 16.3 Å². The van der Waals surface area contributed by atoms with E-state index in [1.807, 2.05) is 19.1 Å². The molecule has 0 heterocycles. The molecular weight excluding hydrogens is 350 g/mol. The SMILES string of the molecule is Cc1cc(Br)cc(CCl)c1OCc1cc(F)cc(F)c1. The number of hydrogen-bond donors (Lipinski definition) is 0. The van der Waals surface area contributed by atoms with Gasteiger partial charge in [-0.15, -0.1) is 11.6 Å². The van der Waals surface area contributed by atoms with Gasteiger partial charge in [0.1, 0.15) is 24.0 Å². The standard InChI is InChI=1S/C15H12BrClF2O/c1-9-2-12(16)5-11(7-17)15(9)20-8-10-3-13(18)6-14(19)4-10/h2-6H,7-8H2,1H3. The van der Waals surface area contributed by atoms with Crippen LogP contribution in [0.15, 0.2) is 34.8 Å². The summed E-state index contributed by atoms with van der Waals surface area (Å²) in [7, 11) is 0. The van der Waals surface area contributed by atoms with Crippen LogP contribution in [-0.2, 0) is 12.5 Å². The molecule has 0 atom stereocenters. The molecule has 0 aromatic heterocycles. The Morgan fingerprint density at radius 2 is 1.75 bits per heavy atom. The number of halogens is 4. The fraction of sp³-hybridized carbons (Fsp3) is 0.200. The minimum absolute atomic E-state index is 0.0844. The molecule has 0 N–H and O–H groups in total. The second kappa shape index (κ2) is 6.55. The monoisotopic (exact) mass is 360 g/mol. The molecule has 0 aliphatic heterocycles. The first-order valence-electron chi connectivity index (χ1n) is 5.92. The number of aryl methyl sites for hydroxylation is 1. The van der Waals surface area contributed by atoms with E-state index in [1.165, 1.54) is 12.1 Å². The molecule has 0 bridgehead atoms. The van der Waals surface area contributed by atoms with E-state index in [9.17, 15) is 8.78 Å². The lowest BCUT2D eigenvalue weighted by atomic mass is 10.1. The van der Waals surface area contributed by atoms with E-state index < -0.39 is 11.6 Å². The average Bonchev–Trinajstić information content (AvgIpc) is 2.35. The Morgan fingerprint density at radius 1 is 1.10 bits per heavy atom. The minimum Gasteiger partial charge on any atom is -0.488 e. The predicted octanol–water partition coefficient (Wildman–Crippen LogP) is 5.35. The highest BCUT2D eigenvalue weighted by molar-refractivity contribution is 9.10. The van der Waals surface area contributed by atoms with Crippen LogP contribution in [0.4, 0.5) is 8.78 Å². The van der Waals surface area contributed by atoms with Crippen LogP contribution in [0.25, 0.3) is 0 Å². The molecule has 2 aromatic carbocycles. The second-order valence-corrected chi connectivity index (χ2v) is 5.59. The molecule has 2 rings (SSSR count). The van der Waals surface area contributed by atoms with Crippen molar-refractivity contribution in [2.75, 3.05) is 0 Å². The number of hydrogen-bond acceptors (Lipinski definition) is 1. The molecule has 0 radical (unpaired) electrons. The van der Waals surface area contributed by atoms with Crippen LogP contribution in [0.1, 0.15) is 16.7 Å². The maximum atomic E-state index is 13.1. The zero-order valence-corrected chi connectivity index (χ0v) is 13.1. The molecule has 0 spiro atoms. The third-order valence-electron chi connectivity index (χ3n) is 2.77. The summed E-state index contributed by atoms with van der Waals surface area (Å²) in [6.45, 7) is 1.98. The van der Waals surface area contributed by atoms with Crippen LogP contribution in [0.5, 0.6) is 5.75 Å². The van der Waals surface area contributed by atoms with Gasteiger partial charge >= 0.3 is 0 Å². The van der Waals surface area contributed by atoms with Crippen molar-refractivity contribution in [2.45, 2.75) is 19.4 Å². The van der Waals surface area contributed by atoms with Gasteiger partial charge in [-0.1, -0.05) is 15.9 Å². The average molecular weight is 362 g/mol. The van der Waals surface area contributed by atoms with E-state index in [0.717, 1.165) is 21.7 Å². The Morgan fingerprint density at radius 3 is 2.35 bits per heavy atom. The lowest BCUT2D eigenvalue weighted by molar-refractivity contribution is 0.300. The van der Waals surface area contributed by atoms with Gasteiger partial charge in [-0.05, 0) is 42.3 Å². The highest BCUT2D eigenvalue weighted by Gasteiger charge is 2.09. The summed E-state index contributed by atoms with van der Waals surface area (Å²) in [5.74, 6) is -0.289. The van der Waals surface area contributed by atoms with Crippen LogP contribution in [0, 0.1) is 18.6 Å². The number of rotatable bonds is 4. The Kier molecular flexibility index (Phi) is 5.00. The second-order valence-electron chi connectivity index (χ2n) is 4.41. The van der Waals surface area contributed by atoms with Crippen molar-refractivity contribution >= 4 is 27.5 Å². The smallest absolute Gasteiger partial charge is 0.127 e. The number of ether oxygens (including phenoxy) is 1. The molecule has 0 aliphatic carbocycles. The first-order chi connectivity index (χ1) is 9.49. The topological polar surface area (TPSA) is 9.23 Å². The molecule has 0 saturated heterocycles. The summed E-state index contributed by atoms with van der Waals surface area (Å²) in [6, 6.07) is 7.09. The Hall–Kier alpha value is -1.13. The Balaban J connectivity index is 2.22. The predicted molar refractivity (Wildman–Crippen MR) is 79.1 cm³/mol.